The third kappa shape index (κ3) is 2.09. The zero-order valence-corrected chi connectivity index (χ0v) is 6.99. The second-order valence-corrected chi connectivity index (χ2v) is 2.88. The van der Waals surface area contributed by atoms with Crippen molar-refractivity contribution < 1.29 is 4.79 Å². The van der Waals surface area contributed by atoms with Gasteiger partial charge in [-0.15, -0.1) is 6.58 Å². The predicted molar refractivity (Wildman–Crippen MR) is 49.3 cm³/mol. The van der Waals surface area contributed by atoms with Crippen LogP contribution in [0, 0.1) is 5.92 Å². The summed E-state index contributed by atoms with van der Waals surface area (Å²) in [5.74, 6) is -0.362. The molecular weight excluding hydrogens is 150 g/mol. The number of carbonyl (C=O) groups excluding carboxylic acids is 1. The van der Waals surface area contributed by atoms with E-state index in [1.165, 1.54) is 5.57 Å². The molecular formula is C10H13NO. The normalized spacial score (nSPS) is 21.7. The molecule has 0 saturated heterocycles. The standard InChI is InChI=1S/C10H13NO/c1-2-3-8-4-6-9(7-5-8)10(11)12/h2,4-6,9H,1,3,7H2,(H2,11,12). The Balaban J connectivity index is 2.55. The van der Waals surface area contributed by atoms with E-state index in [9.17, 15) is 4.79 Å². The molecule has 0 heterocycles. The van der Waals surface area contributed by atoms with Gasteiger partial charge in [-0.05, 0) is 18.4 Å². The van der Waals surface area contributed by atoms with Crippen molar-refractivity contribution in [1.29, 1.82) is 0 Å². The van der Waals surface area contributed by atoms with Crippen LogP contribution in [0.15, 0.2) is 36.5 Å². The number of rotatable bonds is 3. The van der Waals surface area contributed by atoms with E-state index in [0.29, 0.717) is 0 Å². The number of amides is 1. The quantitative estimate of drug-likeness (QED) is 0.630. The topological polar surface area (TPSA) is 43.1 Å². The molecule has 1 amide bonds. The zero-order valence-electron chi connectivity index (χ0n) is 6.99. The van der Waals surface area contributed by atoms with E-state index in [4.69, 9.17) is 5.73 Å². The first-order valence-corrected chi connectivity index (χ1v) is 4.01. The van der Waals surface area contributed by atoms with E-state index in [-0.39, 0.29) is 11.8 Å². The highest BCUT2D eigenvalue weighted by Crippen LogP contribution is 2.17. The van der Waals surface area contributed by atoms with Gasteiger partial charge in [0, 0.05) is 0 Å². The van der Waals surface area contributed by atoms with Gasteiger partial charge in [0.1, 0.15) is 0 Å². The summed E-state index contributed by atoms with van der Waals surface area (Å²) in [6, 6.07) is 0. The highest BCUT2D eigenvalue weighted by atomic mass is 16.1. The van der Waals surface area contributed by atoms with Crippen molar-refractivity contribution >= 4 is 5.91 Å². The second-order valence-electron chi connectivity index (χ2n) is 2.88. The Labute approximate surface area is 72.5 Å². The number of carbonyl (C=O) groups is 1. The summed E-state index contributed by atoms with van der Waals surface area (Å²) >= 11 is 0. The largest absolute Gasteiger partial charge is 0.369 e. The average Bonchev–Trinajstić information content (AvgIpc) is 2.06. The molecule has 1 aliphatic carbocycles. The molecule has 0 aromatic rings. The van der Waals surface area contributed by atoms with Crippen LogP contribution < -0.4 is 5.73 Å². The van der Waals surface area contributed by atoms with Crippen LogP contribution >= 0.6 is 0 Å². The molecule has 1 aliphatic rings. The molecule has 12 heavy (non-hydrogen) atoms. The maximum atomic E-state index is 10.7. The molecule has 2 heteroatoms. The molecule has 0 saturated carbocycles. The van der Waals surface area contributed by atoms with E-state index in [0.717, 1.165) is 12.8 Å². The van der Waals surface area contributed by atoms with E-state index in [2.05, 4.69) is 6.58 Å². The number of nitrogens with two attached hydrogens (primary N) is 1. The predicted octanol–water partition coefficient (Wildman–Crippen LogP) is 1.55. The molecule has 2 N–H and O–H groups in total. The van der Waals surface area contributed by atoms with E-state index < -0.39 is 0 Å². The summed E-state index contributed by atoms with van der Waals surface area (Å²) in [4.78, 5) is 10.7. The van der Waals surface area contributed by atoms with Crippen LogP contribution in [0.2, 0.25) is 0 Å². The van der Waals surface area contributed by atoms with Crippen LogP contribution in [-0.2, 0) is 4.79 Å². The van der Waals surface area contributed by atoms with Crippen LogP contribution in [-0.4, -0.2) is 5.91 Å². The number of allylic oxidation sites excluding steroid dienone is 4. The Morgan fingerprint density at radius 3 is 3.00 bits per heavy atom. The Morgan fingerprint density at radius 1 is 1.83 bits per heavy atom. The summed E-state index contributed by atoms with van der Waals surface area (Å²) in [6.07, 6.45) is 9.29. The molecule has 0 aromatic carbocycles. The van der Waals surface area contributed by atoms with Gasteiger partial charge in [-0.3, -0.25) is 4.79 Å². The van der Waals surface area contributed by atoms with Crippen molar-refractivity contribution in [2.24, 2.45) is 11.7 Å². The monoisotopic (exact) mass is 163 g/mol. The molecule has 0 aliphatic heterocycles. The zero-order chi connectivity index (χ0) is 8.97. The van der Waals surface area contributed by atoms with Crippen molar-refractivity contribution in [3.05, 3.63) is 36.5 Å². The maximum Gasteiger partial charge on any atom is 0.224 e. The average molecular weight is 163 g/mol. The van der Waals surface area contributed by atoms with Crippen molar-refractivity contribution in [3.63, 3.8) is 0 Å². The molecule has 1 rings (SSSR count). The Bertz CT molecular complexity index is 251. The van der Waals surface area contributed by atoms with E-state index >= 15 is 0 Å². The first-order valence-electron chi connectivity index (χ1n) is 4.01. The smallest absolute Gasteiger partial charge is 0.224 e. The molecule has 64 valence electrons. The molecule has 1 unspecified atom stereocenters. The minimum Gasteiger partial charge on any atom is -0.369 e. The highest BCUT2D eigenvalue weighted by molar-refractivity contribution is 5.79. The fraction of sp³-hybridized carbons (Fsp3) is 0.300. The first kappa shape index (κ1) is 8.78. The SMILES string of the molecule is C=CCC1=CCC(C(N)=O)C=C1. The van der Waals surface area contributed by atoms with Gasteiger partial charge in [0.05, 0.1) is 5.92 Å². The highest BCUT2D eigenvalue weighted by Gasteiger charge is 2.12. The fourth-order valence-corrected chi connectivity index (χ4v) is 1.19. The van der Waals surface area contributed by atoms with Gasteiger partial charge < -0.3 is 5.73 Å². The maximum absolute atomic E-state index is 10.7. The Kier molecular flexibility index (Phi) is 2.86. The number of hydrogen-bond donors (Lipinski definition) is 1. The van der Waals surface area contributed by atoms with Gasteiger partial charge in [-0.25, -0.2) is 0 Å². The molecule has 0 aromatic heterocycles. The minimum atomic E-state index is -0.250. The van der Waals surface area contributed by atoms with E-state index in [1.807, 2.05) is 24.3 Å². The van der Waals surface area contributed by atoms with Gasteiger partial charge in [0.25, 0.3) is 0 Å². The van der Waals surface area contributed by atoms with Gasteiger partial charge in [0.15, 0.2) is 0 Å². The third-order valence-corrected chi connectivity index (χ3v) is 1.92. The molecule has 0 spiro atoms. The van der Waals surface area contributed by atoms with Crippen LogP contribution in [0.1, 0.15) is 12.8 Å². The Hall–Kier alpha value is -1.31. The van der Waals surface area contributed by atoms with Gasteiger partial charge >= 0.3 is 0 Å². The molecule has 0 radical (unpaired) electrons. The van der Waals surface area contributed by atoms with Gasteiger partial charge in [-0.2, -0.15) is 0 Å². The lowest BCUT2D eigenvalue weighted by Crippen LogP contribution is -2.22. The van der Waals surface area contributed by atoms with Crippen molar-refractivity contribution in [2.45, 2.75) is 12.8 Å². The minimum absolute atomic E-state index is 0.112. The number of primary amides is 1. The van der Waals surface area contributed by atoms with Crippen LogP contribution in [0.5, 0.6) is 0 Å². The second kappa shape index (κ2) is 3.90. The van der Waals surface area contributed by atoms with Crippen molar-refractivity contribution in [1.82, 2.24) is 0 Å². The first-order chi connectivity index (χ1) is 5.74. The summed E-state index contributed by atoms with van der Waals surface area (Å²) < 4.78 is 0. The van der Waals surface area contributed by atoms with Crippen LogP contribution in [0.25, 0.3) is 0 Å². The molecule has 2 nitrogen and oxygen atoms in total. The lowest BCUT2D eigenvalue weighted by Gasteiger charge is -2.11. The summed E-state index contributed by atoms with van der Waals surface area (Å²) in [6.45, 7) is 3.64. The summed E-state index contributed by atoms with van der Waals surface area (Å²) in [7, 11) is 0. The Morgan fingerprint density at radius 2 is 2.58 bits per heavy atom. The lowest BCUT2D eigenvalue weighted by molar-refractivity contribution is -0.120. The summed E-state index contributed by atoms with van der Waals surface area (Å²) in [5, 5.41) is 0. The van der Waals surface area contributed by atoms with Crippen LogP contribution in [0.3, 0.4) is 0 Å². The van der Waals surface area contributed by atoms with Crippen LogP contribution in [0.4, 0.5) is 0 Å². The van der Waals surface area contributed by atoms with E-state index in [1.54, 1.807) is 0 Å². The van der Waals surface area contributed by atoms with Gasteiger partial charge in [0.2, 0.25) is 5.91 Å². The van der Waals surface area contributed by atoms with Gasteiger partial charge in [-0.1, -0.05) is 24.3 Å². The van der Waals surface area contributed by atoms with Crippen molar-refractivity contribution in [2.75, 3.05) is 0 Å². The van der Waals surface area contributed by atoms with Crippen molar-refractivity contribution in [3.8, 4) is 0 Å². The third-order valence-electron chi connectivity index (χ3n) is 1.92. The molecule has 0 bridgehead atoms. The fourth-order valence-electron chi connectivity index (χ4n) is 1.19. The molecule has 0 fully saturated rings. The number of hydrogen-bond acceptors (Lipinski definition) is 1. The summed E-state index contributed by atoms with van der Waals surface area (Å²) in [5.41, 5.74) is 6.36. The lowest BCUT2D eigenvalue weighted by atomic mass is 9.95. The molecule has 1 atom stereocenters.